The normalized spacial score (nSPS) is 10.6. The minimum atomic E-state index is -0.208. The van der Waals surface area contributed by atoms with Crippen LogP contribution in [0.4, 0.5) is 5.69 Å². The van der Waals surface area contributed by atoms with Crippen molar-refractivity contribution in [2.24, 2.45) is 0 Å². The molecule has 0 saturated carbocycles. The molecule has 0 saturated heterocycles. The smallest absolute Gasteiger partial charge is 0.259 e. The van der Waals surface area contributed by atoms with Crippen molar-refractivity contribution >= 4 is 23.4 Å². The van der Waals surface area contributed by atoms with Gasteiger partial charge in [-0.05, 0) is 36.8 Å². The molecule has 5 heteroatoms. The van der Waals surface area contributed by atoms with Gasteiger partial charge in [-0.3, -0.25) is 4.79 Å². The molecular weight excluding hydrogens is 390 g/mol. The molecule has 1 aromatic heterocycles. The maximum atomic E-state index is 12.9. The van der Waals surface area contributed by atoms with Crippen LogP contribution in [0.5, 0.6) is 0 Å². The minimum Gasteiger partial charge on any atom is -0.321 e. The Kier molecular flexibility index (Phi) is 6.20. The van der Waals surface area contributed by atoms with Gasteiger partial charge in [-0.1, -0.05) is 72.4 Å². The lowest BCUT2D eigenvalue weighted by molar-refractivity contribution is 0.102. The Bertz CT molecular complexity index is 1150. The molecule has 4 nitrogen and oxygen atoms in total. The highest BCUT2D eigenvalue weighted by molar-refractivity contribution is 7.99. The molecule has 0 aliphatic heterocycles. The molecule has 3 aromatic carbocycles. The molecule has 4 rings (SSSR count). The summed E-state index contributed by atoms with van der Waals surface area (Å²) in [5.41, 5.74) is 3.05. The lowest BCUT2D eigenvalue weighted by Gasteiger charge is -2.12. The molecule has 0 aliphatic rings. The van der Waals surface area contributed by atoms with E-state index in [0.29, 0.717) is 23.5 Å². The first kappa shape index (κ1) is 19.9. The summed E-state index contributed by atoms with van der Waals surface area (Å²) in [7, 11) is 0. The molecule has 0 aliphatic carbocycles. The summed E-state index contributed by atoms with van der Waals surface area (Å²) in [6.07, 6.45) is 2.25. The van der Waals surface area contributed by atoms with Crippen molar-refractivity contribution in [2.45, 2.75) is 23.1 Å². The predicted octanol–water partition coefficient (Wildman–Crippen LogP) is 5.78. The number of hydrogen-bond donors (Lipinski definition) is 1. The molecule has 1 heterocycles. The van der Waals surface area contributed by atoms with E-state index in [0.717, 1.165) is 21.0 Å². The Balaban J connectivity index is 1.50. The fourth-order valence-electron chi connectivity index (χ4n) is 3.07. The SMILES string of the molecule is Cc1nc(Cc2ccccc2)ncc1C(=O)Nc1ccccc1Sc1ccccc1. The molecule has 0 unspecified atom stereocenters. The molecule has 0 fully saturated rings. The van der Waals surface area contributed by atoms with E-state index in [-0.39, 0.29) is 5.91 Å². The third-order valence-electron chi connectivity index (χ3n) is 4.59. The van der Waals surface area contributed by atoms with Gasteiger partial charge in [-0.2, -0.15) is 0 Å². The number of nitrogens with one attached hydrogen (secondary N) is 1. The fourth-order valence-corrected chi connectivity index (χ4v) is 3.99. The van der Waals surface area contributed by atoms with Crippen molar-refractivity contribution in [3.8, 4) is 0 Å². The second kappa shape index (κ2) is 9.37. The van der Waals surface area contributed by atoms with Crippen molar-refractivity contribution in [2.75, 3.05) is 5.32 Å². The maximum Gasteiger partial charge on any atom is 0.259 e. The number of para-hydroxylation sites is 1. The number of carbonyl (C=O) groups is 1. The first-order valence-corrected chi connectivity index (χ1v) is 10.5. The van der Waals surface area contributed by atoms with Gasteiger partial charge in [0.1, 0.15) is 5.82 Å². The van der Waals surface area contributed by atoms with Crippen LogP contribution in [0.25, 0.3) is 0 Å². The quantitative estimate of drug-likeness (QED) is 0.437. The van der Waals surface area contributed by atoms with E-state index in [4.69, 9.17) is 0 Å². The van der Waals surface area contributed by atoms with Gasteiger partial charge in [0.05, 0.1) is 16.9 Å². The van der Waals surface area contributed by atoms with Crippen molar-refractivity contribution in [1.82, 2.24) is 9.97 Å². The number of aryl methyl sites for hydroxylation is 1. The fraction of sp³-hybridized carbons (Fsp3) is 0.0800. The van der Waals surface area contributed by atoms with Crippen LogP contribution in [0.2, 0.25) is 0 Å². The largest absolute Gasteiger partial charge is 0.321 e. The molecule has 148 valence electrons. The van der Waals surface area contributed by atoms with Crippen LogP contribution in [-0.2, 0) is 6.42 Å². The summed E-state index contributed by atoms with van der Waals surface area (Å²) in [6.45, 7) is 1.84. The lowest BCUT2D eigenvalue weighted by Crippen LogP contribution is -2.16. The highest BCUT2D eigenvalue weighted by Crippen LogP contribution is 2.33. The average Bonchev–Trinajstić information content (AvgIpc) is 2.76. The van der Waals surface area contributed by atoms with Crippen molar-refractivity contribution in [1.29, 1.82) is 0 Å². The topological polar surface area (TPSA) is 54.9 Å². The third kappa shape index (κ3) is 4.93. The van der Waals surface area contributed by atoms with Gasteiger partial charge in [0, 0.05) is 22.4 Å². The summed E-state index contributed by atoms with van der Waals surface area (Å²) in [5, 5.41) is 3.02. The minimum absolute atomic E-state index is 0.208. The lowest BCUT2D eigenvalue weighted by atomic mass is 10.1. The number of benzene rings is 3. The van der Waals surface area contributed by atoms with Gasteiger partial charge in [-0.15, -0.1) is 0 Å². The molecule has 30 heavy (non-hydrogen) atoms. The highest BCUT2D eigenvalue weighted by Gasteiger charge is 2.14. The Morgan fingerprint density at radius 2 is 1.57 bits per heavy atom. The summed E-state index contributed by atoms with van der Waals surface area (Å²) in [6, 6.07) is 27.9. The zero-order valence-electron chi connectivity index (χ0n) is 16.6. The van der Waals surface area contributed by atoms with Crippen molar-refractivity contribution in [3.05, 3.63) is 114 Å². The average molecular weight is 412 g/mol. The van der Waals surface area contributed by atoms with E-state index in [1.807, 2.05) is 91.9 Å². The zero-order chi connectivity index (χ0) is 20.8. The second-order valence-electron chi connectivity index (χ2n) is 6.81. The molecule has 1 amide bonds. The van der Waals surface area contributed by atoms with E-state index >= 15 is 0 Å². The van der Waals surface area contributed by atoms with E-state index < -0.39 is 0 Å². The van der Waals surface area contributed by atoms with Crippen LogP contribution in [0, 0.1) is 6.92 Å². The number of carbonyl (C=O) groups excluding carboxylic acids is 1. The van der Waals surface area contributed by atoms with Crippen LogP contribution in [-0.4, -0.2) is 15.9 Å². The number of amides is 1. The molecular formula is C25H21N3OS. The Morgan fingerprint density at radius 3 is 2.30 bits per heavy atom. The molecule has 0 bridgehead atoms. The van der Waals surface area contributed by atoms with Crippen LogP contribution in [0.15, 0.2) is 101 Å². The van der Waals surface area contributed by atoms with Crippen molar-refractivity contribution < 1.29 is 4.79 Å². The molecule has 0 spiro atoms. The van der Waals surface area contributed by atoms with E-state index in [1.165, 1.54) is 0 Å². The van der Waals surface area contributed by atoms with Gasteiger partial charge in [-0.25, -0.2) is 9.97 Å². The standard InChI is InChI=1S/C25H21N3OS/c1-18-21(17-26-24(27-18)16-19-10-4-2-5-11-19)25(29)28-22-14-8-9-15-23(22)30-20-12-6-3-7-13-20/h2-15,17H,16H2,1H3,(H,28,29). The number of aromatic nitrogens is 2. The van der Waals surface area contributed by atoms with Gasteiger partial charge in [0.15, 0.2) is 0 Å². The van der Waals surface area contributed by atoms with Crippen LogP contribution in [0.3, 0.4) is 0 Å². The van der Waals surface area contributed by atoms with Gasteiger partial charge in [0.25, 0.3) is 5.91 Å². The summed E-state index contributed by atoms with van der Waals surface area (Å²) >= 11 is 1.61. The van der Waals surface area contributed by atoms with Crippen LogP contribution in [0.1, 0.15) is 27.4 Å². The summed E-state index contributed by atoms with van der Waals surface area (Å²) < 4.78 is 0. The molecule has 0 radical (unpaired) electrons. The maximum absolute atomic E-state index is 12.9. The predicted molar refractivity (Wildman–Crippen MR) is 121 cm³/mol. The Labute approximate surface area is 180 Å². The second-order valence-corrected chi connectivity index (χ2v) is 7.93. The van der Waals surface area contributed by atoms with E-state index in [2.05, 4.69) is 15.3 Å². The monoisotopic (exact) mass is 411 g/mol. The highest BCUT2D eigenvalue weighted by atomic mass is 32.2. The number of hydrogen-bond acceptors (Lipinski definition) is 4. The Hall–Kier alpha value is -3.44. The van der Waals surface area contributed by atoms with Gasteiger partial charge >= 0.3 is 0 Å². The molecule has 4 aromatic rings. The van der Waals surface area contributed by atoms with Crippen LogP contribution >= 0.6 is 11.8 Å². The van der Waals surface area contributed by atoms with Crippen molar-refractivity contribution in [3.63, 3.8) is 0 Å². The first-order chi connectivity index (χ1) is 14.7. The first-order valence-electron chi connectivity index (χ1n) is 9.69. The number of anilines is 1. The van der Waals surface area contributed by atoms with Gasteiger partial charge < -0.3 is 5.32 Å². The summed E-state index contributed by atoms with van der Waals surface area (Å²) in [5.74, 6) is 0.496. The molecule has 1 N–H and O–H groups in total. The molecule has 0 atom stereocenters. The van der Waals surface area contributed by atoms with E-state index in [1.54, 1.807) is 18.0 Å². The Morgan fingerprint density at radius 1 is 0.900 bits per heavy atom. The van der Waals surface area contributed by atoms with Gasteiger partial charge in [0.2, 0.25) is 0 Å². The van der Waals surface area contributed by atoms with E-state index in [9.17, 15) is 4.79 Å². The van der Waals surface area contributed by atoms with Crippen LogP contribution < -0.4 is 5.32 Å². The number of nitrogens with zero attached hydrogens (tertiary/aromatic N) is 2. The third-order valence-corrected chi connectivity index (χ3v) is 5.67. The summed E-state index contributed by atoms with van der Waals surface area (Å²) in [4.78, 5) is 24.0. The number of rotatable bonds is 6. The zero-order valence-corrected chi connectivity index (χ0v) is 17.4.